The number of hydrogen-bond acceptors (Lipinski definition) is 3. The number of hydrogen-bond donors (Lipinski definition) is 0. The molecule has 0 atom stereocenters. The summed E-state index contributed by atoms with van der Waals surface area (Å²) in [5, 5.41) is 1.02. The van der Waals surface area contributed by atoms with Crippen molar-refractivity contribution in [1.29, 1.82) is 0 Å². The normalized spacial score (nSPS) is 24.9. The second-order valence-corrected chi connectivity index (χ2v) is 9.30. The second kappa shape index (κ2) is 7.38. The molecule has 1 aromatic rings. The van der Waals surface area contributed by atoms with Crippen LogP contribution in [0.1, 0.15) is 31.2 Å². The Bertz CT molecular complexity index is 463. The van der Waals surface area contributed by atoms with E-state index < -0.39 is 0 Å². The highest BCUT2D eigenvalue weighted by Gasteiger charge is 2.30. The van der Waals surface area contributed by atoms with Crippen LogP contribution in [0.15, 0.2) is 29.2 Å². The Hall–Kier alpha value is -0.190. The van der Waals surface area contributed by atoms with Gasteiger partial charge >= 0.3 is 0 Å². The summed E-state index contributed by atoms with van der Waals surface area (Å²) in [5.41, 5.74) is 1.32. The van der Waals surface area contributed by atoms with E-state index in [-0.39, 0.29) is 0 Å². The zero-order chi connectivity index (χ0) is 14.7. The molecule has 4 rings (SSSR count). The van der Waals surface area contributed by atoms with Crippen LogP contribution in [0.5, 0.6) is 0 Å². The molecule has 1 aromatic carbocycles. The van der Waals surface area contributed by atoms with Crippen LogP contribution in [-0.4, -0.2) is 27.4 Å². The molecule has 0 radical (unpaired) electrons. The van der Waals surface area contributed by atoms with Gasteiger partial charge in [0.15, 0.2) is 0 Å². The van der Waals surface area contributed by atoms with Gasteiger partial charge in [0.2, 0.25) is 0 Å². The molecule has 0 amide bonds. The maximum atomic E-state index is 5.68. The van der Waals surface area contributed by atoms with Gasteiger partial charge in [0.05, 0.1) is 5.08 Å². The third kappa shape index (κ3) is 4.40. The van der Waals surface area contributed by atoms with Crippen LogP contribution >= 0.6 is 35.7 Å². The topological polar surface area (TPSA) is 3.24 Å². The van der Waals surface area contributed by atoms with Crippen LogP contribution in [0.25, 0.3) is 0 Å². The lowest BCUT2D eigenvalue weighted by atomic mass is 9.84. The van der Waals surface area contributed by atoms with E-state index in [0.29, 0.717) is 0 Å². The minimum atomic E-state index is 0.895. The van der Waals surface area contributed by atoms with E-state index in [0.717, 1.165) is 21.2 Å². The van der Waals surface area contributed by atoms with Crippen LogP contribution < -0.4 is 0 Å². The summed E-state index contributed by atoms with van der Waals surface area (Å²) >= 11 is 9.42. The minimum absolute atomic E-state index is 0.895. The van der Waals surface area contributed by atoms with E-state index in [2.05, 4.69) is 36.1 Å². The van der Waals surface area contributed by atoms with Gasteiger partial charge < -0.3 is 4.90 Å². The maximum absolute atomic E-state index is 5.68. The highest BCUT2D eigenvalue weighted by molar-refractivity contribution is 8.29. The fourth-order valence-corrected chi connectivity index (χ4v) is 5.74. The lowest BCUT2D eigenvalue weighted by Crippen LogP contribution is -2.31. The van der Waals surface area contributed by atoms with Crippen molar-refractivity contribution in [2.24, 2.45) is 11.8 Å². The van der Waals surface area contributed by atoms with Crippen molar-refractivity contribution in [3.63, 3.8) is 0 Å². The molecule has 0 N–H and O–H groups in total. The number of fused-ring (bicyclic) bond motifs is 4. The van der Waals surface area contributed by atoms with Gasteiger partial charge in [-0.05, 0) is 56.6 Å². The van der Waals surface area contributed by atoms with Crippen molar-refractivity contribution in [3.8, 4) is 0 Å². The van der Waals surface area contributed by atoms with Gasteiger partial charge in [0.25, 0.3) is 0 Å². The van der Waals surface area contributed by atoms with E-state index in [1.807, 2.05) is 23.5 Å². The summed E-state index contributed by atoms with van der Waals surface area (Å²) < 4.78 is 1.12. The first-order chi connectivity index (χ1) is 10.2. The van der Waals surface area contributed by atoms with Gasteiger partial charge in [-0.1, -0.05) is 41.7 Å². The van der Waals surface area contributed by atoms with Gasteiger partial charge in [-0.25, -0.2) is 0 Å². The predicted octanol–water partition coefficient (Wildman–Crippen LogP) is 5.18. The summed E-state index contributed by atoms with van der Waals surface area (Å²) in [5.74, 6) is 1.79. The molecule has 3 fully saturated rings. The standard InChI is InChI=1S/C17H23NS3/c1-13-2-8-16(9-3-13)20-12-21-17(19)18-10-14-4-5-15(11-18)7-6-14/h2-3,8-9,14-15H,4-7,10-12H2,1H3. The lowest BCUT2D eigenvalue weighted by Gasteiger charge is -2.24. The molecular weight excluding hydrogens is 314 g/mol. The maximum Gasteiger partial charge on any atom is 0.137 e. The SMILES string of the molecule is Cc1ccc(SCSC(=S)N2CC3CCC(CC3)C2)cc1. The minimum Gasteiger partial charge on any atom is -0.357 e. The number of rotatable bonds is 3. The van der Waals surface area contributed by atoms with E-state index in [1.54, 1.807) is 0 Å². The Balaban J connectivity index is 1.46. The number of aryl methyl sites for hydroxylation is 1. The van der Waals surface area contributed by atoms with Crippen molar-refractivity contribution >= 4 is 40.1 Å². The first kappa shape index (κ1) is 15.7. The zero-order valence-electron chi connectivity index (χ0n) is 12.6. The molecule has 3 aliphatic rings. The van der Waals surface area contributed by atoms with Gasteiger partial charge in [-0.15, -0.1) is 11.8 Å². The summed E-state index contributed by atoms with van der Waals surface area (Å²) in [4.78, 5) is 3.83. The first-order valence-electron chi connectivity index (χ1n) is 7.82. The molecule has 4 heteroatoms. The monoisotopic (exact) mass is 337 g/mol. The molecule has 1 saturated carbocycles. The van der Waals surface area contributed by atoms with Crippen LogP contribution in [0.3, 0.4) is 0 Å². The summed E-state index contributed by atoms with van der Waals surface area (Å²) in [6, 6.07) is 8.77. The molecule has 1 nitrogen and oxygen atoms in total. The van der Waals surface area contributed by atoms with E-state index in [4.69, 9.17) is 12.2 Å². The van der Waals surface area contributed by atoms with Crippen LogP contribution in [0.4, 0.5) is 0 Å². The molecule has 1 aliphatic carbocycles. The first-order valence-corrected chi connectivity index (χ1v) is 10.2. The Morgan fingerprint density at radius 3 is 2.24 bits per heavy atom. The molecule has 2 aliphatic heterocycles. The molecule has 2 heterocycles. The average molecular weight is 338 g/mol. The van der Waals surface area contributed by atoms with Crippen LogP contribution in [-0.2, 0) is 0 Å². The van der Waals surface area contributed by atoms with Gasteiger partial charge in [0.1, 0.15) is 4.32 Å². The fraction of sp³-hybridized carbons (Fsp3) is 0.588. The molecular formula is C17H23NS3. The number of benzene rings is 1. The molecule has 2 saturated heterocycles. The third-order valence-corrected chi connectivity index (χ3v) is 7.28. The van der Waals surface area contributed by atoms with Gasteiger partial charge in [-0.3, -0.25) is 0 Å². The lowest BCUT2D eigenvalue weighted by molar-refractivity contribution is 0.326. The molecule has 0 aromatic heterocycles. The smallest absolute Gasteiger partial charge is 0.137 e. The second-order valence-electron chi connectivity index (χ2n) is 6.28. The van der Waals surface area contributed by atoms with Crippen molar-refractivity contribution in [2.75, 3.05) is 18.2 Å². The summed E-state index contributed by atoms with van der Waals surface area (Å²) in [6.07, 6.45) is 5.69. The quantitative estimate of drug-likeness (QED) is 0.424. The molecule has 21 heavy (non-hydrogen) atoms. The Morgan fingerprint density at radius 1 is 1.10 bits per heavy atom. The molecule has 0 unspecified atom stereocenters. The number of nitrogens with zero attached hydrogens (tertiary/aromatic N) is 1. The van der Waals surface area contributed by atoms with Crippen molar-refractivity contribution in [3.05, 3.63) is 29.8 Å². The number of thiocarbonyl (C=S) groups is 1. The highest BCUT2D eigenvalue weighted by Crippen LogP contribution is 2.35. The van der Waals surface area contributed by atoms with Crippen LogP contribution in [0, 0.1) is 18.8 Å². The Kier molecular flexibility index (Phi) is 5.52. The van der Waals surface area contributed by atoms with E-state index >= 15 is 0 Å². The van der Waals surface area contributed by atoms with E-state index in [9.17, 15) is 0 Å². The van der Waals surface area contributed by atoms with Crippen molar-refractivity contribution in [1.82, 2.24) is 4.90 Å². The van der Waals surface area contributed by atoms with Crippen molar-refractivity contribution in [2.45, 2.75) is 37.5 Å². The summed E-state index contributed by atoms with van der Waals surface area (Å²) in [6.45, 7) is 4.54. The third-order valence-electron chi connectivity index (χ3n) is 4.61. The van der Waals surface area contributed by atoms with E-state index in [1.165, 1.54) is 49.2 Å². The molecule has 2 bridgehead atoms. The predicted molar refractivity (Wildman–Crippen MR) is 99.1 cm³/mol. The largest absolute Gasteiger partial charge is 0.357 e. The average Bonchev–Trinajstić information content (AvgIpc) is 2.83. The Morgan fingerprint density at radius 2 is 1.67 bits per heavy atom. The van der Waals surface area contributed by atoms with Gasteiger partial charge in [0, 0.05) is 18.0 Å². The number of thioether (sulfide) groups is 2. The Labute approximate surface area is 142 Å². The fourth-order valence-electron chi connectivity index (χ4n) is 3.32. The van der Waals surface area contributed by atoms with Crippen LogP contribution in [0.2, 0.25) is 0 Å². The summed E-state index contributed by atoms with van der Waals surface area (Å²) in [7, 11) is 0. The highest BCUT2D eigenvalue weighted by atomic mass is 32.2. The van der Waals surface area contributed by atoms with Gasteiger partial charge in [-0.2, -0.15) is 0 Å². The zero-order valence-corrected chi connectivity index (χ0v) is 15.0. The molecule has 0 spiro atoms. The molecule has 114 valence electrons. The van der Waals surface area contributed by atoms with Crippen molar-refractivity contribution < 1.29 is 0 Å².